The number of carbonyl (C=O) groups excluding carboxylic acids is 2. The molecule has 0 aromatic heterocycles. The monoisotopic (exact) mass is 400 g/mol. The van der Waals surface area contributed by atoms with Gasteiger partial charge in [0, 0.05) is 11.1 Å². The number of nitrogens with one attached hydrogen (secondary N) is 2. The number of halogens is 4. The van der Waals surface area contributed by atoms with E-state index in [0.29, 0.717) is 11.1 Å². The minimum absolute atomic E-state index is 0.141. The van der Waals surface area contributed by atoms with Crippen LogP contribution in [0.5, 0.6) is 0 Å². The summed E-state index contributed by atoms with van der Waals surface area (Å²) in [5.41, 5.74) is -0.0247. The van der Waals surface area contributed by atoms with Gasteiger partial charge in [0.2, 0.25) is 5.91 Å². The molecule has 0 spiro atoms. The van der Waals surface area contributed by atoms with E-state index in [4.69, 9.17) is 23.2 Å². The number of rotatable bonds is 5. The maximum absolute atomic E-state index is 13.7. The lowest BCUT2D eigenvalue weighted by Gasteiger charge is -2.22. The summed E-state index contributed by atoms with van der Waals surface area (Å²) >= 11 is 11.8. The van der Waals surface area contributed by atoms with Crippen molar-refractivity contribution >= 4 is 40.7 Å². The molecule has 2 rings (SSSR count). The summed E-state index contributed by atoms with van der Waals surface area (Å²) in [6.07, 6.45) is 0. The largest absolute Gasteiger partial charge is 0.340 e. The van der Waals surface area contributed by atoms with Gasteiger partial charge in [-0.1, -0.05) is 37.0 Å². The molecule has 0 fully saturated rings. The van der Waals surface area contributed by atoms with E-state index < -0.39 is 29.5 Å². The third-order valence-corrected chi connectivity index (χ3v) is 4.15. The summed E-state index contributed by atoms with van der Waals surface area (Å²) in [5, 5.41) is 5.43. The van der Waals surface area contributed by atoms with Crippen LogP contribution < -0.4 is 10.6 Å². The van der Waals surface area contributed by atoms with Crippen LogP contribution >= 0.6 is 23.2 Å². The van der Waals surface area contributed by atoms with Gasteiger partial charge in [-0.2, -0.15) is 0 Å². The Morgan fingerprint density at radius 3 is 2.31 bits per heavy atom. The van der Waals surface area contributed by atoms with E-state index in [0.717, 1.165) is 12.1 Å². The highest BCUT2D eigenvalue weighted by Crippen LogP contribution is 2.21. The quantitative estimate of drug-likeness (QED) is 0.766. The van der Waals surface area contributed by atoms with E-state index in [1.165, 1.54) is 18.2 Å². The predicted octanol–water partition coefficient (Wildman–Crippen LogP) is 4.66. The lowest BCUT2D eigenvalue weighted by atomic mass is 10.0. The van der Waals surface area contributed by atoms with E-state index in [-0.39, 0.29) is 22.2 Å². The second-order valence-electron chi connectivity index (χ2n) is 5.93. The van der Waals surface area contributed by atoms with Crippen LogP contribution in [0.1, 0.15) is 24.2 Å². The number of carbonyl (C=O) groups is 2. The molecule has 2 aromatic rings. The fourth-order valence-electron chi connectivity index (χ4n) is 2.23. The first-order chi connectivity index (χ1) is 12.2. The fourth-order valence-corrected chi connectivity index (χ4v) is 2.72. The maximum Gasteiger partial charge on any atom is 0.253 e. The van der Waals surface area contributed by atoms with Crippen molar-refractivity contribution in [3.8, 4) is 0 Å². The first-order valence-electron chi connectivity index (χ1n) is 7.71. The average molecular weight is 401 g/mol. The third kappa shape index (κ3) is 4.93. The normalized spacial score (nSPS) is 12.0. The molecular weight excluding hydrogens is 385 g/mol. The van der Waals surface area contributed by atoms with E-state index >= 15 is 0 Å². The van der Waals surface area contributed by atoms with Crippen molar-refractivity contribution in [2.45, 2.75) is 19.9 Å². The van der Waals surface area contributed by atoms with Gasteiger partial charge in [-0.15, -0.1) is 0 Å². The van der Waals surface area contributed by atoms with Gasteiger partial charge in [-0.25, -0.2) is 8.78 Å². The standard InChI is InChI=1S/C18H16Cl2F2N2O2/c1-9(2)16(18(26)23-15-6-4-11(21)8-14(15)22)24-17(25)12-5-3-10(19)7-13(12)20/h3-9,16H,1-2H3,(H,23,26)(H,24,25)/t16-/m0/s1. The summed E-state index contributed by atoms with van der Waals surface area (Å²) in [5.74, 6) is -3.17. The van der Waals surface area contributed by atoms with Gasteiger partial charge in [0.05, 0.1) is 16.3 Å². The molecule has 0 bridgehead atoms. The molecule has 26 heavy (non-hydrogen) atoms. The molecular formula is C18H16Cl2F2N2O2. The zero-order valence-electron chi connectivity index (χ0n) is 13.9. The molecule has 0 radical (unpaired) electrons. The summed E-state index contributed by atoms with van der Waals surface area (Å²) in [6.45, 7) is 3.43. The van der Waals surface area contributed by atoms with Crippen LogP contribution in [0.3, 0.4) is 0 Å². The van der Waals surface area contributed by atoms with E-state index in [1.807, 2.05) is 0 Å². The van der Waals surface area contributed by atoms with Crippen molar-refractivity contribution < 1.29 is 18.4 Å². The Bertz CT molecular complexity index is 844. The van der Waals surface area contributed by atoms with Crippen molar-refractivity contribution in [2.24, 2.45) is 5.92 Å². The number of amides is 2. The summed E-state index contributed by atoms with van der Waals surface area (Å²) in [6, 6.07) is 6.18. The SMILES string of the molecule is CC(C)[C@H](NC(=O)c1ccc(Cl)cc1Cl)C(=O)Nc1ccc(F)cc1F. The van der Waals surface area contributed by atoms with Crippen LogP contribution in [-0.4, -0.2) is 17.9 Å². The van der Waals surface area contributed by atoms with Crippen molar-refractivity contribution in [1.82, 2.24) is 5.32 Å². The van der Waals surface area contributed by atoms with Gasteiger partial charge in [-0.05, 0) is 36.2 Å². The molecule has 0 heterocycles. The van der Waals surface area contributed by atoms with E-state index in [9.17, 15) is 18.4 Å². The highest BCUT2D eigenvalue weighted by molar-refractivity contribution is 6.36. The molecule has 1 atom stereocenters. The van der Waals surface area contributed by atoms with Crippen LogP contribution in [0.2, 0.25) is 10.0 Å². The van der Waals surface area contributed by atoms with Crippen LogP contribution in [0, 0.1) is 17.6 Å². The molecule has 0 aliphatic rings. The summed E-state index contributed by atoms with van der Waals surface area (Å²) in [7, 11) is 0. The zero-order chi connectivity index (χ0) is 19.4. The van der Waals surface area contributed by atoms with Gasteiger partial charge in [0.1, 0.15) is 17.7 Å². The lowest BCUT2D eigenvalue weighted by molar-refractivity contribution is -0.118. The van der Waals surface area contributed by atoms with Crippen LogP contribution in [0.15, 0.2) is 36.4 Å². The molecule has 138 valence electrons. The van der Waals surface area contributed by atoms with Gasteiger partial charge >= 0.3 is 0 Å². The van der Waals surface area contributed by atoms with Crippen LogP contribution in [0.4, 0.5) is 14.5 Å². The Morgan fingerprint density at radius 1 is 1.04 bits per heavy atom. The Hall–Kier alpha value is -2.18. The van der Waals surface area contributed by atoms with Gasteiger partial charge < -0.3 is 10.6 Å². The molecule has 4 nitrogen and oxygen atoms in total. The molecule has 8 heteroatoms. The number of benzene rings is 2. The summed E-state index contributed by atoms with van der Waals surface area (Å²) in [4.78, 5) is 24.9. The Balaban J connectivity index is 2.17. The van der Waals surface area contributed by atoms with Gasteiger partial charge in [0.25, 0.3) is 5.91 Å². The first-order valence-corrected chi connectivity index (χ1v) is 8.46. The highest BCUT2D eigenvalue weighted by atomic mass is 35.5. The summed E-state index contributed by atoms with van der Waals surface area (Å²) < 4.78 is 26.7. The predicted molar refractivity (Wildman–Crippen MR) is 97.5 cm³/mol. The topological polar surface area (TPSA) is 58.2 Å². The van der Waals surface area contributed by atoms with E-state index in [1.54, 1.807) is 13.8 Å². The second kappa shape index (κ2) is 8.47. The highest BCUT2D eigenvalue weighted by Gasteiger charge is 2.26. The van der Waals surface area contributed by atoms with Crippen molar-refractivity contribution in [1.29, 1.82) is 0 Å². The van der Waals surface area contributed by atoms with Gasteiger partial charge in [-0.3, -0.25) is 9.59 Å². The number of hydrogen-bond donors (Lipinski definition) is 2. The number of hydrogen-bond acceptors (Lipinski definition) is 2. The second-order valence-corrected chi connectivity index (χ2v) is 6.78. The number of anilines is 1. The van der Waals surface area contributed by atoms with Crippen LogP contribution in [0.25, 0.3) is 0 Å². The fraction of sp³-hybridized carbons (Fsp3) is 0.222. The molecule has 2 N–H and O–H groups in total. The lowest BCUT2D eigenvalue weighted by Crippen LogP contribution is -2.47. The molecule has 0 saturated carbocycles. The maximum atomic E-state index is 13.7. The van der Waals surface area contributed by atoms with Crippen LogP contribution in [-0.2, 0) is 4.79 Å². The molecule has 2 amide bonds. The first kappa shape index (κ1) is 20.1. The molecule has 0 saturated heterocycles. The third-order valence-electron chi connectivity index (χ3n) is 3.60. The molecule has 0 aliphatic heterocycles. The zero-order valence-corrected chi connectivity index (χ0v) is 15.5. The van der Waals surface area contributed by atoms with Crippen molar-refractivity contribution in [3.05, 3.63) is 63.6 Å². The Labute approximate surface area is 159 Å². The molecule has 2 aromatic carbocycles. The Morgan fingerprint density at radius 2 is 1.73 bits per heavy atom. The van der Waals surface area contributed by atoms with Crippen molar-refractivity contribution in [2.75, 3.05) is 5.32 Å². The van der Waals surface area contributed by atoms with E-state index in [2.05, 4.69) is 10.6 Å². The average Bonchev–Trinajstić information content (AvgIpc) is 2.54. The smallest absolute Gasteiger partial charge is 0.253 e. The van der Waals surface area contributed by atoms with Gasteiger partial charge in [0.15, 0.2) is 0 Å². The van der Waals surface area contributed by atoms with Crippen molar-refractivity contribution in [3.63, 3.8) is 0 Å². The molecule has 0 aliphatic carbocycles. The molecule has 0 unspecified atom stereocenters. The minimum Gasteiger partial charge on any atom is -0.340 e. The Kier molecular flexibility index (Phi) is 6.56. The minimum atomic E-state index is -0.960.